The molecule has 1 saturated carbocycles. The summed E-state index contributed by atoms with van der Waals surface area (Å²) in [6, 6.07) is 7.85. The van der Waals surface area contributed by atoms with Crippen LogP contribution in [0, 0.1) is 5.92 Å². The van der Waals surface area contributed by atoms with E-state index in [2.05, 4.69) is 5.32 Å². The first-order valence-corrected chi connectivity index (χ1v) is 9.46. The smallest absolute Gasteiger partial charge is 0.412 e. The van der Waals surface area contributed by atoms with E-state index in [4.69, 9.17) is 4.74 Å². The normalized spacial score (nSPS) is 21.6. The second-order valence-electron chi connectivity index (χ2n) is 7.30. The summed E-state index contributed by atoms with van der Waals surface area (Å²) in [5, 5.41) is 3.31. The third-order valence-electron chi connectivity index (χ3n) is 3.96. The maximum Gasteiger partial charge on any atom is 0.412 e. The van der Waals surface area contributed by atoms with Crippen LogP contribution in [-0.2, 0) is 9.53 Å². The Morgan fingerprint density at radius 2 is 1.88 bits per heavy atom. The molecule has 1 aliphatic rings. The van der Waals surface area contributed by atoms with E-state index in [1.165, 1.54) is 4.90 Å². The molecule has 1 aromatic rings. The van der Waals surface area contributed by atoms with Gasteiger partial charge in [-0.25, -0.2) is 4.79 Å². The first-order chi connectivity index (χ1) is 11.4. The molecule has 2 unspecified atom stereocenters. The van der Waals surface area contributed by atoms with E-state index in [1.54, 1.807) is 0 Å². The van der Waals surface area contributed by atoms with Gasteiger partial charge in [-0.1, -0.05) is 6.42 Å². The molecule has 2 atom stereocenters. The lowest BCUT2D eigenvalue weighted by atomic mass is 10.0. The second-order valence-corrected chi connectivity index (χ2v) is 8.67. The largest absolute Gasteiger partial charge is 0.444 e. The molecule has 1 N–H and O–H groups in total. The van der Waals surface area contributed by atoms with Crippen molar-refractivity contribution in [2.45, 2.75) is 68.6 Å². The molecular weight excluding hydrogens is 322 g/mol. The molecule has 0 bridgehead atoms. The highest BCUT2D eigenvalue weighted by molar-refractivity contribution is 8.00. The summed E-state index contributed by atoms with van der Waals surface area (Å²) in [5.41, 5.74) is 0.231. The molecule has 0 aromatic heterocycles. The Morgan fingerprint density at radius 1 is 1.17 bits per heavy atom. The minimum atomic E-state index is -0.501. The molecular formula is C19H27NO3S. The van der Waals surface area contributed by atoms with E-state index in [1.807, 2.05) is 56.8 Å². The molecule has 5 heteroatoms. The van der Waals surface area contributed by atoms with Gasteiger partial charge >= 0.3 is 6.09 Å². The molecule has 1 amide bonds. The number of hydrogen-bond acceptors (Lipinski definition) is 4. The summed E-state index contributed by atoms with van der Waals surface area (Å²) in [6.07, 6.45) is 6.08. The van der Waals surface area contributed by atoms with E-state index in [0.29, 0.717) is 5.25 Å². The van der Waals surface area contributed by atoms with Gasteiger partial charge in [-0.05, 0) is 70.7 Å². The molecule has 0 spiro atoms. The first-order valence-electron chi connectivity index (χ1n) is 8.58. The Balaban J connectivity index is 1.85. The van der Waals surface area contributed by atoms with E-state index >= 15 is 0 Å². The molecule has 132 valence electrons. The number of carbonyl (C=O) groups excluding carboxylic acids is 2. The van der Waals surface area contributed by atoms with Gasteiger partial charge in [-0.2, -0.15) is 0 Å². The predicted octanol–water partition coefficient (Wildman–Crippen LogP) is 5.27. The number of thioether (sulfide) groups is 1. The number of ether oxygens (including phenoxy) is 1. The summed E-state index contributed by atoms with van der Waals surface area (Å²) in [7, 11) is 0. The van der Waals surface area contributed by atoms with Gasteiger partial charge in [0.1, 0.15) is 11.9 Å². The number of carbonyl (C=O) groups is 2. The summed E-state index contributed by atoms with van der Waals surface area (Å²) >= 11 is 1.87. The van der Waals surface area contributed by atoms with Crippen LogP contribution in [0.5, 0.6) is 0 Å². The lowest BCUT2D eigenvalue weighted by molar-refractivity contribution is -0.111. The van der Waals surface area contributed by atoms with Crippen molar-refractivity contribution in [3.8, 4) is 0 Å². The molecule has 0 heterocycles. The number of hydrogen-bond donors (Lipinski definition) is 1. The molecule has 1 aromatic carbocycles. The Bertz CT molecular complexity index is 551. The van der Waals surface area contributed by atoms with Gasteiger partial charge in [0.15, 0.2) is 0 Å². The van der Waals surface area contributed by atoms with E-state index in [-0.39, 0.29) is 5.92 Å². The van der Waals surface area contributed by atoms with Crippen molar-refractivity contribution >= 4 is 29.8 Å². The Hall–Kier alpha value is -1.49. The number of amides is 1. The van der Waals surface area contributed by atoms with Gasteiger partial charge in [0.2, 0.25) is 0 Å². The van der Waals surface area contributed by atoms with E-state index in [9.17, 15) is 9.59 Å². The van der Waals surface area contributed by atoms with Crippen LogP contribution < -0.4 is 5.32 Å². The van der Waals surface area contributed by atoms with Crippen molar-refractivity contribution < 1.29 is 14.3 Å². The lowest BCUT2D eigenvalue weighted by Gasteiger charge is -2.19. The Labute approximate surface area is 148 Å². The minimum Gasteiger partial charge on any atom is -0.444 e. The monoisotopic (exact) mass is 349 g/mol. The van der Waals surface area contributed by atoms with Crippen molar-refractivity contribution in [3.05, 3.63) is 24.3 Å². The summed E-state index contributed by atoms with van der Waals surface area (Å²) < 4.78 is 5.24. The molecule has 1 fully saturated rings. The number of aldehydes is 1. The van der Waals surface area contributed by atoms with Crippen LogP contribution in [-0.4, -0.2) is 23.2 Å². The Morgan fingerprint density at radius 3 is 2.50 bits per heavy atom. The van der Waals surface area contributed by atoms with E-state index < -0.39 is 11.7 Å². The molecule has 4 nitrogen and oxygen atoms in total. The zero-order chi connectivity index (χ0) is 17.6. The fourth-order valence-electron chi connectivity index (χ4n) is 2.78. The average Bonchev–Trinajstić information content (AvgIpc) is 2.72. The highest BCUT2D eigenvalue weighted by Crippen LogP contribution is 2.34. The van der Waals surface area contributed by atoms with Crippen molar-refractivity contribution in [1.29, 1.82) is 0 Å². The molecule has 0 saturated heterocycles. The number of anilines is 1. The summed E-state index contributed by atoms with van der Waals surface area (Å²) in [5.74, 6) is 0.246. The standard InChI is InChI=1S/C19H27NO3S/c1-19(2,3)23-18(22)20-15-8-11-17(12-9-15)24-16-6-4-5-14(13-21)7-10-16/h8-9,11-14,16H,4-7,10H2,1-3H3,(H,20,22). The fraction of sp³-hybridized carbons (Fsp3) is 0.579. The molecule has 0 aliphatic heterocycles. The third kappa shape index (κ3) is 6.56. The van der Waals surface area contributed by atoms with Crippen LogP contribution in [0.3, 0.4) is 0 Å². The lowest BCUT2D eigenvalue weighted by Crippen LogP contribution is -2.27. The van der Waals surface area contributed by atoms with Crippen LogP contribution in [0.1, 0.15) is 52.9 Å². The SMILES string of the molecule is CC(C)(C)OC(=O)Nc1ccc(SC2CCCC(C=O)CC2)cc1. The van der Waals surface area contributed by atoms with Gasteiger partial charge < -0.3 is 9.53 Å². The second kappa shape index (κ2) is 8.56. The van der Waals surface area contributed by atoms with Crippen molar-refractivity contribution in [3.63, 3.8) is 0 Å². The zero-order valence-electron chi connectivity index (χ0n) is 14.7. The summed E-state index contributed by atoms with van der Waals surface area (Å²) in [4.78, 5) is 23.9. The minimum absolute atomic E-state index is 0.246. The van der Waals surface area contributed by atoms with Crippen LogP contribution >= 0.6 is 11.8 Å². The molecule has 0 radical (unpaired) electrons. The van der Waals surface area contributed by atoms with Crippen LogP contribution in [0.25, 0.3) is 0 Å². The average molecular weight is 349 g/mol. The topological polar surface area (TPSA) is 55.4 Å². The van der Waals surface area contributed by atoms with Gasteiger partial charge in [0.25, 0.3) is 0 Å². The number of nitrogens with one attached hydrogen (secondary N) is 1. The molecule has 1 aliphatic carbocycles. The fourth-order valence-corrected chi connectivity index (χ4v) is 4.00. The van der Waals surface area contributed by atoms with Crippen molar-refractivity contribution in [2.75, 3.05) is 5.32 Å². The first kappa shape index (κ1) is 18.8. The van der Waals surface area contributed by atoms with E-state index in [0.717, 1.165) is 44.1 Å². The van der Waals surface area contributed by atoms with Crippen molar-refractivity contribution in [2.24, 2.45) is 5.92 Å². The van der Waals surface area contributed by atoms with Crippen LogP contribution in [0.15, 0.2) is 29.2 Å². The maximum absolute atomic E-state index is 11.8. The van der Waals surface area contributed by atoms with Crippen LogP contribution in [0.4, 0.5) is 10.5 Å². The third-order valence-corrected chi connectivity index (χ3v) is 5.30. The van der Waals surface area contributed by atoms with Crippen LogP contribution in [0.2, 0.25) is 0 Å². The van der Waals surface area contributed by atoms with Gasteiger partial charge in [0.05, 0.1) is 0 Å². The number of benzene rings is 1. The highest BCUT2D eigenvalue weighted by Gasteiger charge is 2.19. The Kier molecular flexibility index (Phi) is 6.72. The van der Waals surface area contributed by atoms with Crippen molar-refractivity contribution in [1.82, 2.24) is 0 Å². The highest BCUT2D eigenvalue weighted by atomic mass is 32.2. The number of rotatable bonds is 4. The molecule has 24 heavy (non-hydrogen) atoms. The van der Waals surface area contributed by atoms with Gasteiger partial charge in [-0.3, -0.25) is 5.32 Å². The van der Waals surface area contributed by atoms with Gasteiger partial charge in [0, 0.05) is 21.8 Å². The quantitative estimate of drug-likeness (QED) is 0.594. The van der Waals surface area contributed by atoms with Gasteiger partial charge in [-0.15, -0.1) is 11.8 Å². The summed E-state index contributed by atoms with van der Waals surface area (Å²) in [6.45, 7) is 5.52. The zero-order valence-corrected chi connectivity index (χ0v) is 15.5. The maximum atomic E-state index is 11.8. The molecule has 2 rings (SSSR count). The predicted molar refractivity (Wildman–Crippen MR) is 98.6 cm³/mol.